The number of amides is 1. The number of carbonyl (C=O) groups excluding carboxylic acids is 1. The molecule has 1 amide bonds. The van der Waals surface area contributed by atoms with Gasteiger partial charge in [-0.05, 0) is 24.3 Å². The Morgan fingerprint density at radius 2 is 2.00 bits per heavy atom. The van der Waals surface area contributed by atoms with Crippen molar-refractivity contribution < 1.29 is 23.4 Å². The molecule has 2 aromatic heterocycles. The van der Waals surface area contributed by atoms with E-state index >= 15 is 0 Å². The normalized spacial score (nSPS) is 25.7. The summed E-state index contributed by atoms with van der Waals surface area (Å²) in [6, 6.07) is 12.5. The van der Waals surface area contributed by atoms with Crippen molar-refractivity contribution in [2.24, 2.45) is 0 Å². The summed E-state index contributed by atoms with van der Waals surface area (Å²) in [5.41, 5.74) is 0.720. The summed E-state index contributed by atoms with van der Waals surface area (Å²) in [5, 5.41) is 11.3. The van der Waals surface area contributed by atoms with Crippen molar-refractivity contribution in [1.29, 1.82) is 0 Å². The third-order valence-corrected chi connectivity index (χ3v) is 5.12. The fourth-order valence-electron chi connectivity index (χ4n) is 3.69. The van der Waals surface area contributed by atoms with Gasteiger partial charge < -0.3 is 23.9 Å². The van der Waals surface area contributed by atoms with E-state index in [0.29, 0.717) is 19.8 Å². The van der Waals surface area contributed by atoms with E-state index in [9.17, 15) is 4.79 Å². The van der Waals surface area contributed by atoms with Crippen molar-refractivity contribution in [3.8, 4) is 5.75 Å². The first-order valence-electron chi connectivity index (χ1n) is 9.44. The molecule has 0 spiro atoms. The fourth-order valence-corrected chi connectivity index (χ4v) is 3.69. The van der Waals surface area contributed by atoms with Crippen LogP contribution in [0, 0.1) is 0 Å². The topological polar surface area (TPSA) is 101 Å². The highest BCUT2D eigenvalue weighted by molar-refractivity contribution is 5.91. The highest BCUT2D eigenvalue weighted by Crippen LogP contribution is 2.34. The van der Waals surface area contributed by atoms with E-state index in [0.717, 1.165) is 11.4 Å². The molecule has 29 heavy (non-hydrogen) atoms. The first kappa shape index (κ1) is 17.9. The number of hydrogen-bond acceptors (Lipinski definition) is 7. The molecule has 2 fully saturated rings. The Morgan fingerprint density at radius 1 is 1.14 bits per heavy atom. The van der Waals surface area contributed by atoms with Crippen LogP contribution >= 0.6 is 0 Å². The maximum absolute atomic E-state index is 12.2. The van der Waals surface area contributed by atoms with E-state index in [-0.39, 0.29) is 36.0 Å². The Bertz CT molecular complexity index is 958. The van der Waals surface area contributed by atoms with E-state index in [1.54, 1.807) is 16.8 Å². The molecule has 5 rings (SSSR count). The first-order chi connectivity index (χ1) is 14.3. The Kier molecular flexibility index (Phi) is 4.74. The summed E-state index contributed by atoms with van der Waals surface area (Å²) in [4.78, 5) is 12.2. The average Bonchev–Trinajstić information content (AvgIpc) is 3.52. The van der Waals surface area contributed by atoms with E-state index in [2.05, 4.69) is 15.6 Å². The monoisotopic (exact) mass is 396 g/mol. The van der Waals surface area contributed by atoms with E-state index in [1.165, 1.54) is 6.26 Å². The zero-order chi connectivity index (χ0) is 19.6. The van der Waals surface area contributed by atoms with E-state index < -0.39 is 0 Å². The number of nitrogens with one attached hydrogen (secondary N) is 1. The molecule has 4 atom stereocenters. The quantitative estimate of drug-likeness (QED) is 0.675. The molecule has 0 radical (unpaired) electrons. The van der Waals surface area contributed by atoms with Crippen LogP contribution in [0.2, 0.25) is 0 Å². The molecule has 4 heterocycles. The maximum Gasteiger partial charge on any atom is 0.287 e. The van der Waals surface area contributed by atoms with Crippen molar-refractivity contribution in [3.05, 3.63) is 66.4 Å². The van der Waals surface area contributed by atoms with Gasteiger partial charge in [0.15, 0.2) is 5.76 Å². The van der Waals surface area contributed by atoms with E-state index in [1.807, 2.05) is 36.5 Å². The van der Waals surface area contributed by atoms with Gasteiger partial charge in [-0.15, -0.1) is 5.10 Å². The molecule has 1 N–H and O–H groups in total. The van der Waals surface area contributed by atoms with Gasteiger partial charge in [0.2, 0.25) is 0 Å². The van der Waals surface area contributed by atoms with Crippen molar-refractivity contribution >= 4 is 5.91 Å². The molecule has 1 aromatic carbocycles. The van der Waals surface area contributed by atoms with Gasteiger partial charge in [-0.1, -0.05) is 23.4 Å². The molecule has 2 aliphatic heterocycles. The summed E-state index contributed by atoms with van der Waals surface area (Å²) in [5.74, 6) is 0.764. The van der Waals surface area contributed by atoms with Crippen LogP contribution < -0.4 is 10.1 Å². The van der Waals surface area contributed by atoms with Gasteiger partial charge in [0.05, 0.1) is 31.7 Å². The summed E-state index contributed by atoms with van der Waals surface area (Å²) < 4.78 is 24.5. The van der Waals surface area contributed by atoms with Crippen LogP contribution in [-0.4, -0.2) is 52.4 Å². The highest BCUT2D eigenvalue weighted by Gasteiger charge is 2.49. The van der Waals surface area contributed by atoms with Crippen LogP contribution in [-0.2, 0) is 16.1 Å². The molecule has 2 aliphatic rings. The van der Waals surface area contributed by atoms with Gasteiger partial charge >= 0.3 is 0 Å². The summed E-state index contributed by atoms with van der Waals surface area (Å²) in [7, 11) is 0. The largest absolute Gasteiger partial charge is 0.487 e. The minimum atomic E-state index is -0.280. The first-order valence-corrected chi connectivity index (χ1v) is 9.44. The number of ether oxygens (including phenoxy) is 3. The molecule has 0 unspecified atom stereocenters. The Labute approximate surface area is 166 Å². The smallest absolute Gasteiger partial charge is 0.287 e. The second-order valence-corrected chi connectivity index (χ2v) is 7.01. The number of fused-ring (bicyclic) bond motifs is 1. The molecule has 2 saturated heterocycles. The minimum Gasteiger partial charge on any atom is -0.487 e. The maximum atomic E-state index is 12.2. The van der Waals surface area contributed by atoms with Gasteiger partial charge in [-0.2, -0.15) is 0 Å². The lowest BCUT2D eigenvalue weighted by atomic mass is 10.1. The summed E-state index contributed by atoms with van der Waals surface area (Å²) in [6.45, 7) is 1.14. The summed E-state index contributed by atoms with van der Waals surface area (Å²) >= 11 is 0. The van der Waals surface area contributed by atoms with Crippen LogP contribution in [0.15, 0.2) is 59.3 Å². The predicted molar refractivity (Wildman–Crippen MR) is 99.3 cm³/mol. The second kappa shape index (κ2) is 7.69. The standard InChI is InChI=1S/C20H20N4O5/c25-20(17-7-4-8-26-17)21-15-11-28-19-16(12-29-18(15)19)24-9-13(22-23-24)10-27-14-5-2-1-3-6-14/h1-9,15-16,18-19H,10-12H2,(H,21,25)/t15-,16+,18-,19+/m0/s1. The predicted octanol–water partition coefficient (Wildman–Crippen LogP) is 1.59. The highest BCUT2D eigenvalue weighted by atomic mass is 16.6. The Morgan fingerprint density at radius 3 is 2.83 bits per heavy atom. The summed E-state index contributed by atoms with van der Waals surface area (Å²) in [6.07, 6.45) is 2.86. The molecule has 9 nitrogen and oxygen atoms in total. The lowest BCUT2D eigenvalue weighted by Crippen LogP contribution is -2.44. The molecule has 0 aliphatic carbocycles. The number of rotatable bonds is 6. The van der Waals surface area contributed by atoms with Crippen LogP contribution in [0.5, 0.6) is 5.75 Å². The second-order valence-electron chi connectivity index (χ2n) is 7.01. The van der Waals surface area contributed by atoms with Crippen molar-refractivity contribution in [3.63, 3.8) is 0 Å². The number of aromatic nitrogens is 3. The van der Waals surface area contributed by atoms with Crippen molar-refractivity contribution in [2.75, 3.05) is 13.2 Å². The lowest BCUT2D eigenvalue weighted by Gasteiger charge is -2.17. The van der Waals surface area contributed by atoms with E-state index in [4.69, 9.17) is 18.6 Å². The fraction of sp³-hybridized carbons (Fsp3) is 0.350. The van der Waals surface area contributed by atoms with Crippen molar-refractivity contribution in [2.45, 2.75) is 30.9 Å². The molecule has 9 heteroatoms. The number of benzene rings is 1. The average molecular weight is 396 g/mol. The minimum absolute atomic E-state index is 0.108. The van der Waals surface area contributed by atoms with Gasteiger partial charge in [0.1, 0.15) is 36.3 Å². The molecular formula is C20H20N4O5. The Balaban J connectivity index is 1.20. The molecule has 150 valence electrons. The van der Waals surface area contributed by atoms with Gasteiger partial charge in [-0.3, -0.25) is 4.79 Å². The molecule has 0 saturated carbocycles. The van der Waals surface area contributed by atoms with Gasteiger partial charge in [0, 0.05) is 0 Å². The number of hydrogen-bond donors (Lipinski definition) is 1. The Hall–Kier alpha value is -3.17. The number of para-hydroxylation sites is 1. The number of carbonyl (C=O) groups is 1. The number of nitrogens with zero attached hydrogens (tertiary/aromatic N) is 3. The lowest BCUT2D eigenvalue weighted by molar-refractivity contribution is 0.0612. The van der Waals surface area contributed by atoms with Crippen LogP contribution in [0.3, 0.4) is 0 Å². The molecule has 3 aromatic rings. The molecule has 0 bridgehead atoms. The van der Waals surface area contributed by atoms with Crippen LogP contribution in [0.25, 0.3) is 0 Å². The van der Waals surface area contributed by atoms with Crippen molar-refractivity contribution in [1.82, 2.24) is 20.3 Å². The zero-order valence-electron chi connectivity index (χ0n) is 15.5. The zero-order valence-corrected chi connectivity index (χ0v) is 15.5. The van der Waals surface area contributed by atoms with Crippen LogP contribution in [0.1, 0.15) is 22.3 Å². The number of furan rings is 1. The molecular weight excluding hydrogens is 376 g/mol. The third-order valence-electron chi connectivity index (χ3n) is 5.12. The van der Waals surface area contributed by atoms with Gasteiger partial charge in [0.25, 0.3) is 5.91 Å². The third kappa shape index (κ3) is 3.62. The van der Waals surface area contributed by atoms with Gasteiger partial charge in [-0.25, -0.2) is 4.68 Å². The SMILES string of the molecule is O=C(N[C@H]1CO[C@H]2[C@H]1OC[C@H]2n1cc(COc2ccccc2)nn1)c1ccco1. The van der Waals surface area contributed by atoms with Crippen LogP contribution in [0.4, 0.5) is 0 Å².